The molecule has 70 valence electrons. The third-order valence-corrected chi connectivity index (χ3v) is 1.47. The zero-order chi connectivity index (χ0) is 9.97. The maximum absolute atomic E-state index is 10.5. The van der Waals surface area contributed by atoms with E-state index in [9.17, 15) is 4.79 Å². The Morgan fingerprint density at radius 2 is 2.21 bits per heavy atom. The van der Waals surface area contributed by atoms with Crippen molar-refractivity contribution in [3.8, 4) is 5.82 Å². The van der Waals surface area contributed by atoms with Gasteiger partial charge in [0.25, 0.3) is 5.82 Å². The Morgan fingerprint density at radius 3 is 2.79 bits per heavy atom. The van der Waals surface area contributed by atoms with Crippen LogP contribution >= 0.6 is 0 Å². The minimum atomic E-state index is -1.17. The molecule has 14 heavy (non-hydrogen) atoms. The number of hydrogen-bond acceptors (Lipinski definition) is 5. The van der Waals surface area contributed by atoms with E-state index in [0.29, 0.717) is 5.82 Å². The molecule has 0 saturated carbocycles. The van der Waals surface area contributed by atoms with Crippen molar-refractivity contribution < 1.29 is 9.90 Å². The Bertz CT molecular complexity index is 452. The highest BCUT2D eigenvalue weighted by Crippen LogP contribution is 1.98. The molecule has 0 spiro atoms. The van der Waals surface area contributed by atoms with Gasteiger partial charge in [0.05, 0.1) is 6.20 Å². The van der Waals surface area contributed by atoms with Crippen LogP contribution in [0.5, 0.6) is 0 Å². The van der Waals surface area contributed by atoms with Crippen LogP contribution < -0.4 is 0 Å². The fourth-order valence-corrected chi connectivity index (χ4v) is 0.881. The van der Waals surface area contributed by atoms with E-state index in [1.54, 1.807) is 0 Å². The van der Waals surface area contributed by atoms with E-state index >= 15 is 0 Å². The normalized spacial score (nSPS) is 10.0. The monoisotopic (exact) mass is 191 g/mol. The fraction of sp³-hybridized carbons (Fsp3) is 0. The van der Waals surface area contributed by atoms with Gasteiger partial charge in [-0.3, -0.25) is 4.98 Å². The standard InChI is InChI=1S/C7H5N5O2/c13-7(14)6-10-4-12(11-6)5-3-8-1-2-9-5/h1-4H,(H,13,14). The zero-order valence-corrected chi connectivity index (χ0v) is 6.90. The number of carboxylic acid groups (broad SMARTS) is 1. The molecule has 2 aromatic heterocycles. The van der Waals surface area contributed by atoms with Crippen LogP contribution in [0.3, 0.4) is 0 Å². The molecule has 0 amide bonds. The molecule has 0 bridgehead atoms. The molecule has 7 nitrogen and oxygen atoms in total. The van der Waals surface area contributed by atoms with Crippen LogP contribution in [0.15, 0.2) is 24.9 Å². The Kier molecular flexibility index (Phi) is 1.90. The van der Waals surface area contributed by atoms with Crippen molar-refractivity contribution in [3.05, 3.63) is 30.7 Å². The Labute approximate surface area is 78.1 Å². The molecule has 1 N–H and O–H groups in total. The maximum Gasteiger partial charge on any atom is 0.375 e. The lowest BCUT2D eigenvalue weighted by Gasteiger charge is -1.94. The van der Waals surface area contributed by atoms with E-state index in [4.69, 9.17) is 5.11 Å². The summed E-state index contributed by atoms with van der Waals surface area (Å²) in [5, 5.41) is 12.3. The quantitative estimate of drug-likeness (QED) is 0.703. The fourth-order valence-electron chi connectivity index (χ4n) is 0.881. The van der Waals surface area contributed by atoms with Crippen molar-refractivity contribution in [2.24, 2.45) is 0 Å². The largest absolute Gasteiger partial charge is 0.475 e. The SMILES string of the molecule is O=C(O)c1ncn(-c2cnccn2)n1. The van der Waals surface area contributed by atoms with Gasteiger partial charge in [0, 0.05) is 12.4 Å². The first-order chi connectivity index (χ1) is 6.77. The summed E-state index contributed by atoms with van der Waals surface area (Å²) in [6.45, 7) is 0. The van der Waals surface area contributed by atoms with Crippen LogP contribution in [0.4, 0.5) is 0 Å². The van der Waals surface area contributed by atoms with Gasteiger partial charge in [0.15, 0.2) is 5.82 Å². The van der Waals surface area contributed by atoms with Crippen molar-refractivity contribution in [2.45, 2.75) is 0 Å². The number of nitrogens with zero attached hydrogens (tertiary/aromatic N) is 5. The highest BCUT2D eigenvalue weighted by molar-refractivity contribution is 5.82. The van der Waals surface area contributed by atoms with E-state index in [1.807, 2.05) is 0 Å². The first-order valence-electron chi connectivity index (χ1n) is 3.69. The average molecular weight is 191 g/mol. The van der Waals surface area contributed by atoms with Crippen LogP contribution in [-0.4, -0.2) is 35.8 Å². The molecule has 2 aromatic rings. The number of aromatic nitrogens is 5. The highest BCUT2D eigenvalue weighted by atomic mass is 16.4. The van der Waals surface area contributed by atoms with Gasteiger partial charge in [-0.25, -0.2) is 19.4 Å². The molecule has 0 aromatic carbocycles. The Balaban J connectivity index is 2.39. The summed E-state index contributed by atoms with van der Waals surface area (Å²) in [6.07, 6.45) is 5.73. The van der Waals surface area contributed by atoms with Gasteiger partial charge in [0.2, 0.25) is 0 Å². The van der Waals surface area contributed by atoms with Gasteiger partial charge < -0.3 is 5.11 Å². The van der Waals surface area contributed by atoms with Crippen molar-refractivity contribution in [2.75, 3.05) is 0 Å². The van der Waals surface area contributed by atoms with E-state index in [0.717, 1.165) is 0 Å². The van der Waals surface area contributed by atoms with Crippen LogP contribution in [0, 0.1) is 0 Å². The predicted octanol–water partition coefficient (Wildman–Crippen LogP) is -0.245. The molecule has 0 saturated heterocycles. The average Bonchev–Trinajstić information content (AvgIpc) is 2.68. The van der Waals surface area contributed by atoms with Crippen LogP contribution in [0.25, 0.3) is 5.82 Å². The predicted molar refractivity (Wildman–Crippen MR) is 43.9 cm³/mol. The number of hydrogen-bond donors (Lipinski definition) is 1. The van der Waals surface area contributed by atoms with Crippen LogP contribution in [-0.2, 0) is 0 Å². The molecule has 0 aliphatic rings. The summed E-state index contributed by atoms with van der Waals surface area (Å²) in [6, 6.07) is 0. The number of rotatable bonds is 2. The molecular weight excluding hydrogens is 186 g/mol. The van der Waals surface area contributed by atoms with Crippen molar-refractivity contribution in [3.63, 3.8) is 0 Å². The van der Waals surface area contributed by atoms with Gasteiger partial charge >= 0.3 is 5.97 Å². The van der Waals surface area contributed by atoms with Gasteiger partial charge in [-0.1, -0.05) is 0 Å². The van der Waals surface area contributed by atoms with E-state index in [-0.39, 0.29) is 5.82 Å². The third kappa shape index (κ3) is 1.42. The molecular formula is C7H5N5O2. The molecule has 0 unspecified atom stereocenters. The lowest BCUT2D eigenvalue weighted by atomic mass is 10.6. The summed E-state index contributed by atoms with van der Waals surface area (Å²) < 4.78 is 1.25. The first kappa shape index (κ1) is 8.30. The summed E-state index contributed by atoms with van der Waals surface area (Å²) in [4.78, 5) is 21.8. The molecule has 0 aliphatic carbocycles. The minimum absolute atomic E-state index is 0.268. The Morgan fingerprint density at radius 1 is 1.36 bits per heavy atom. The minimum Gasteiger partial charge on any atom is -0.475 e. The summed E-state index contributed by atoms with van der Waals surface area (Å²) in [5.41, 5.74) is 0. The topological polar surface area (TPSA) is 93.8 Å². The highest BCUT2D eigenvalue weighted by Gasteiger charge is 2.09. The van der Waals surface area contributed by atoms with E-state index in [2.05, 4.69) is 20.1 Å². The lowest BCUT2D eigenvalue weighted by Crippen LogP contribution is -2.03. The van der Waals surface area contributed by atoms with Crippen molar-refractivity contribution in [1.29, 1.82) is 0 Å². The van der Waals surface area contributed by atoms with Crippen molar-refractivity contribution >= 4 is 5.97 Å². The van der Waals surface area contributed by atoms with Crippen LogP contribution in [0.2, 0.25) is 0 Å². The van der Waals surface area contributed by atoms with Crippen molar-refractivity contribution in [1.82, 2.24) is 24.7 Å². The van der Waals surface area contributed by atoms with Gasteiger partial charge in [-0.05, 0) is 0 Å². The molecule has 0 fully saturated rings. The number of aromatic carboxylic acids is 1. The smallest absolute Gasteiger partial charge is 0.375 e. The third-order valence-electron chi connectivity index (χ3n) is 1.47. The first-order valence-corrected chi connectivity index (χ1v) is 3.69. The van der Waals surface area contributed by atoms with Crippen LogP contribution in [0.1, 0.15) is 10.6 Å². The lowest BCUT2D eigenvalue weighted by molar-refractivity contribution is 0.0683. The molecule has 7 heteroatoms. The van der Waals surface area contributed by atoms with Gasteiger partial charge in [-0.15, -0.1) is 5.10 Å². The van der Waals surface area contributed by atoms with Gasteiger partial charge in [-0.2, -0.15) is 0 Å². The summed E-state index contributed by atoms with van der Waals surface area (Å²) in [5.74, 6) is -1.02. The number of carbonyl (C=O) groups is 1. The summed E-state index contributed by atoms with van der Waals surface area (Å²) >= 11 is 0. The molecule has 2 rings (SSSR count). The molecule has 2 heterocycles. The van der Waals surface area contributed by atoms with Gasteiger partial charge in [0.1, 0.15) is 6.33 Å². The second-order valence-electron chi connectivity index (χ2n) is 2.38. The molecule has 0 aliphatic heterocycles. The maximum atomic E-state index is 10.5. The second kappa shape index (κ2) is 3.21. The number of carboxylic acids is 1. The molecule has 0 atom stereocenters. The molecule has 0 radical (unpaired) electrons. The second-order valence-corrected chi connectivity index (χ2v) is 2.38. The van der Waals surface area contributed by atoms with E-state index < -0.39 is 5.97 Å². The van der Waals surface area contributed by atoms with E-state index in [1.165, 1.54) is 29.6 Å². The zero-order valence-electron chi connectivity index (χ0n) is 6.90. The summed E-state index contributed by atoms with van der Waals surface area (Å²) in [7, 11) is 0. The Hall–Kier alpha value is -2.31.